The molecular formula is C17H18N8O5S4. The van der Waals surface area contributed by atoms with Gasteiger partial charge in [0.1, 0.15) is 34.9 Å². The van der Waals surface area contributed by atoms with Crippen molar-refractivity contribution in [1.82, 2.24) is 25.4 Å². The van der Waals surface area contributed by atoms with Gasteiger partial charge in [-0.2, -0.15) is 0 Å². The summed E-state index contributed by atoms with van der Waals surface area (Å²) >= 11 is 5.16. The first-order valence-electron chi connectivity index (χ1n) is 9.52. The van der Waals surface area contributed by atoms with E-state index in [4.69, 9.17) is 16.3 Å². The Morgan fingerprint density at radius 3 is 2.85 bits per heavy atom. The standard InChI is InChI=1S/C17H18N8O5S4/c1-30-24-9(7-5-32-16(19)20-7)12(26)21-10-13(27)25-11(15(28)29)6(3-31-14(10)25)4-33-17-23-22-8(2-18)34-17/h5,10,14H,2-4,18H2,1H3,(H2,19,20)(H,21,26)(H,28,29)/t10?,14-/m1/s1. The summed E-state index contributed by atoms with van der Waals surface area (Å²) < 4.78 is 0.664. The first kappa shape index (κ1) is 24.4. The maximum atomic E-state index is 12.9. The van der Waals surface area contributed by atoms with Crippen LogP contribution in [-0.2, 0) is 25.8 Å². The third kappa shape index (κ3) is 4.74. The number of thioether (sulfide) groups is 2. The maximum Gasteiger partial charge on any atom is 0.352 e. The van der Waals surface area contributed by atoms with Crippen LogP contribution >= 0.6 is 46.2 Å². The van der Waals surface area contributed by atoms with E-state index in [1.807, 2.05) is 0 Å². The van der Waals surface area contributed by atoms with E-state index in [0.29, 0.717) is 26.4 Å². The van der Waals surface area contributed by atoms with Crippen molar-refractivity contribution >= 4 is 74.8 Å². The van der Waals surface area contributed by atoms with Crippen LogP contribution in [0.5, 0.6) is 0 Å². The van der Waals surface area contributed by atoms with Crippen LogP contribution in [0.25, 0.3) is 0 Å². The van der Waals surface area contributed by atoms with Crippen LogP contribution in [0.15, 0.2) is 26.1 Å². The highest BCUT2D eigenvalue weighted by Gasteiger charge is 2.54. The molecule has 0 aliphatic carbocycles. The van der Waals surface area contributed by atoms with Gasteiger partial charge >= 0.3 is 5.97 Å². The third-order valence-corrected chi connectivity index (χ3v) is 8.87. The summed E-state index contributed by atoms with van der Waals surface area (Å²) in [5.41, 5.74) is 11.8. The van der Waals surface area contributed by atoms with E-state index in [-0.39, 0.29) is 28.8 Å². The Kier molecular flexibility index (Phi) is 7.36. The molecule has 2 aliphatic heterocycles. The Labute approximate surface area is 209 Å². The lowest BCUT2D eigenvalue weighted by molar-refractivity contribution is -0.150. The van der Waals surface area contributed by atoms with Crippen molar-refractivity contribution in [2.24, 2.45) is 10.9 Å². The van der Waals surface area contributed by atoms with Gasteiger partial charge in [-0.05, 0) is 5.57 Å². The molecule has 2 aliphatic rings. The molecule has 0 radical (unpaired) electrons. The number of nitrogens with two attached hydrogens (primary N) is 2. The third-order valence-electron chi connectivity index (χ3n) is 4.69. The molecule has 2 aromatic heterocycles. The lowest BCUT2D eigenvalue weighted by Crippen LogP contribution is -2.71. The molecule has 0 bridgehead atoms. The van der Waals surface area contributed by atoms with E-state index in [1.165, 1.54) is 46.9 Å². The largest absolute Gasteiger partial charge is 0.477 e. The molecule has 2 aromatic rings. The van der Waals surface area contributed by atoms with Gasteiger partial charge < -0.3 is 26.7 Å². The first-order chi connectivity index (χ1) is 16.3. The van der Waals surface area contributed by atoms with Gasteiger partial charge in [-0.1, -0.05) is 28.3 Å². The number of carboxylic acid groups (broad SMARTS) is 1. The van der Waals surface area contributed by atoms with Crippen molar-refractivity contribution in [3.05, 3.63) is 27.4 Å². The van der Waals surface area contributed by atoms with E-state index < -0.39 is 29.2 Å². The Hall–Kier alpha value is -2.73. The summed E-state index contributed by atoms with van der Waals surface area (Å²) in [5, 5.41) is 26.0. The fourth-order valence-electron chi connectivity index (χ4n) is 3.22. The highest BCUT2D eigenvalue weighted by Crippen LogP contribution is 2.41. The summed E-state index contributed by atoms with van der Waals surface area (Å²) in [6, 6.07) is -0.922. The molecule has 1 saturated heterocycles. The van der Waals surface area contributed by atoms with Crippen LogP contribution in [-0.4, -0.2) is 78.7 Å². The van der Waals surface area contributed by atoms with E-state index in [0.717, 1.165) is 11.3 Å². The number of nitrogens with one attached hydrogen (secondary N) is 1. The number of thiazole rings is 1. The van der Waals surface area contributed by atoms with E-state index >= 15 is 0 Å². The minimum absolute atomic E-state index is 0.0756. The number of anilines is 1. The van der Waals surface area contributed by atoms with Crippen molar-refractivity contribution in [1.29, 1.82) is 0 Å². The molecule has 180 valence electrons. The van der Waals surface area contributed by atoms with Gasteiger partial charge in [-0.3, -0.25) is 14.5 Å². The van der Waals surface area contributed by atoms with Gasteiger partial charge in [0.25, 0.3) is 11.8 Å². The number of carboxylic acids is 1. The topological polar surface area (TPSA) is 199 Å². The number of carbonyl (C=O) groups is 3. The van der Waals surface area contributed by atoms with Gasteiger partial charge in [0.2, 0.25) is 0 Å². The summed E-state index contributed by atoms with van der Waals surface area (Å²) in [6.45, 7) is 0.279. The molecule has 0 aromatic carbocycles. The minimum Gasteiger partial charge on any atom is -0.477 e. The van der Waals surface area contributed by atoms with Crippen molar-refractivity contribution in [2.75, 3.05) is 24.3 Å². The molecule has 4 heterocycles. The Balaban J connectivity index is 1.48. The van der Waals surface area contributed by atoms with Crippen LogP contribution in [0, 0.1) is 0 Å². The second kappa shape index (κ2) is 10.3. The number of oxime groups is 1. The quantitative estimate of drug-likeness (QED) is 0.142. The predicted molar refractivity (Wildman–Crippen MR) is 128 cm³/mol. The fraction of sp³-hybridized carbons (Fsp3) is 0.353. The Morgan fingerprint density at radius 1 is 1.44 bits per heavy atom. The number of hydrogen-bond acceptors (Lipinski definition) is 14. The molecule has 17 heteroatoms. The van der Waals surface area contributed by atoms with Crippen molar-refractivity contribution in [3.8, 4) is 0 Å². The number of nitrogen functional groups attached to an aromatic ring is 1. The summed E-state index contributed by atoms with van der Waals surface area (Å²) in [4.78, 5) is 47.7. The molecule has 34 heavy (non-hydrogen) atoms. The highest BCUT2D eigenvalue weighted by molar-refractivity contribution is 8.01. The summed E-state index contributed by atoms with van der Waals surface area (Å²) in [6.07, 6.45) is 0. The second-order valence-electron chi connectivity index (χ2n) is 6.77. The number of β-lactam (4-membered cyclic amide) rings is 1. The molecule has 1 unspecified atom stereocenters. The molecule has 13 nitrogen and oxygen atoms in total. The zero-order valence-electron chi connectivity index (χ0n) is 17.5. The average molecular weight is 543 g/mol. The van der Waals surface area contributed by atoms with Crippen LogP contribution in [0.4, 0.5) is 5.13 Å². The number of amides is 2. The number of nitrogens with zero attached hydrogens (tertiary/aromatic N) is 5. The molecule has 0 saturated carbocycles. The minimum atomic E-state index is -1.21. The number of rotatable bonds is 9. The Bertz CT molecular complexity index is 1190. The van der Waals surface area contributed by atoms with E-state index in [1.54, 1.807) is 5.38 Å². The number of fused-ring (bicyclic) bond motifs is 1. The molecule has 6 N–H and O–H groups in total. The maximum absolute atomic E-state index is 12.9. The zero-order chi connectivity index (χ0) is 24.4. The summed E-state index contributed by atoms with van der Waals surface area (Å²) in [7, 11) is 1.28. The highest BCUT2D eigenvalue weighted by atomic mass is 32.2. The lowest BCUT2D eigenvalue weighted by Gasteiger charge is -2.49. The van der Waals surface area contributed by atoms with Gasteiger partial charge in [0.05, 0.1) is 0 Å². The number of aliphatic carboxylic acids is 1. The molecule has 1 fully saturated rings. The van der Waals surface area contributed by atoms with Gasteiger partial charge in [-0.15, -0.1) is 33.3 Å². The molecular weight excluding hydrogens is 525 g/mol. The molecule has 2 amide bonds. The lowest BCUT2D eigenvalue weighted by atomic mass is 10.0. The number of carbonyl (C=O) groups excluding carboxylic acids is 2. The number of hydrogen-bond donors (Lipinski definition) is 4. The van der Waals surface area contributed by atoms with Crippen LogP contribution < -0.4 is 16.8 Å². The molecule has 2 atom stereocenters. The van der Waals surface area contributed by atoms with Gasteiger partial charge in [0, 0.05) is 23.4 Å². The van der Waals surface area contributed by atoms with Gasteiger partial charge in [-0.25, -0.2) is 9.78 Å². The van der Waals surface area contributed by atoms with Crippen LogP contribution in [0.3, 0.4) is 0 Å². The normalized spacial score (nSPS) is 20.1. The molecule has 4 rings (SSSR count). The monoisotopic (exact) mass is 542 g/mol. The Morgan fingerprint density at radius 2 is 2.24 bits per heavy atom. The SMILES string of the molecule is CON=C(C(=O)NC1C(=O)N2C(C(=O)O)=C(CSc3nnc(CN)s3)CS[C@H]12)c1csc(N)n1. The van der Waals surface area contributed by atoms with E-state index in [2.05, 4.69) is 25.7 Å². The first-order valence-corrected chi connectivity index (χ1v) is 13.3. The van der Waals surface area contributed by atoms with Crippen molar-refractivity contribution in [3.63, 3.8) is 0 Å². The predicted octanol–water partition coefficient (Wildman–Crippen LogP) is -0.0831. The second-order valence-corrected chi connectivity index (χ2v) is 11.0. The zero-order valence-corrected chi connectivity index (χ0v) is 20.7. The average Bonchev–Trinajstić information content (AvgIpc) is 3.47. The number of aromatic nitrogens is 3. The van der Waals surface area contributed by atoms with Crippen LogP contribution in [0.1, 0.15) is 10.7 Å². The molecule has 0 spiro atoms. The fourth-order valence-corrected chi connectivity index (χ4v) is 7.03. The van der Waals surface area contributed by atoms with Crippen LogP contribution in [0.2, 0.25) is 0 Å². The van der Waals surface area contributed by atoms with E-state index in [9.17, 15) is 19.5 Å². The summed E-state index contributed by atoms with van der Waals surface area (Å²) in [5.74, 6) is -1.71. The van der Waals surface area contributed by atoms with Gasteiger partial charge in [0.15, 0.2) is 15.2 Å². The smallest absolute Gasteiger partial charge is 0.352 e. The van der Waals surface area contributed by atoms with Crippen molar-refractivity contribution < 1.29 is 24.3 Å². The van der Waals surface area contributed by atoms with Crippen molar-refractivity contribution in [2.45, 2.75) is 22.3 Å².